The fraction of sp³-hybridized carbons (Fsp3) is 0.382. The molecule has 44 heavy (non-hydrogen) atoms. The van der Waals surface area contributed by atoms with Crippen LogP contribution in [0.5, 0.6) is 0 Å². The van der Waals surface area contributed by atoms with Gasteiger partial charge >= 0.3 is 0 Å². The van der Waals surface area contributed by atoms with Crippen LogP contribution >= 0.6 is 11.6 Å². The number of hydrogen-bond acceptors (Lipinski definition) is 8. The van der Waals surface area contributed by atoms with Crippen LogP contribution in [0.25, 0.3) is 21.7 Å². The molecule has 0 radical (unpaired) electrons. The summed E-state index contributed by atoms with van der Waals surface area (Å²) in [6, 6.07) is 13.8. The van der Waals surface area contributed by atoms with Crippen LogP contribution in [0.1, 0.15) is 64.1 Å². The molecule has 0 spiro atoms. The summed E-state index contributed by atoms with van der Waals surface area (Å²) in [5.41, 5.74) is 11.5. The number of hydrogen-bond donors (Lipinski definition) is 4. The molecule has 2 aromatic carbocycles. The monoisotopic (exact) mass is 608 g/mol. The number of aryl methyl sites for hydroxylation is 1. The molecular weight excluding hydrogens is 572 g/mol. The first-order valence-electron chi connectivity index (χ1n) is 15.3. The molecule has 0 amide bonds. The molecule has 0 unspecified atom stereocenters. The van der Waals surface area contributed by atoms with Crippen LogP contribution in [-0.4, -0.2) is 26.6 Å². The van der Waals surface area contributed by atoms with Crippen LogP contribution in [0.15, 0.2) is 65.5 Å². The summed E-state index contributed by atoms with van der Waals surface area (Å²) in [5.74, 6) is 0.842. The lowest BCUT2D eigenvalue weighted by molar-refractivity contribution is -0.141. The Morgan fingerprint density at radius 3 is 2.66 bits per heavy atom. The zero-order valence-corrected chi connectivity index (χ0v) is 26.2. The highest BCUT2D eigenvalue weighted by Crippen LogP contribution is 2.60. The predicted octanol–water partition coefficient (Wildman–Crippen LogP) is 6.42. The van der Waals surface area contributed by atoms with E-state index in [0.29, 0.717) is 34.6 Å². The SMILES string of the molecule is CCn1ccc2c([C@H](Nc3cc(Cl)c4ncc(C#N)c(NCC(C)(C)C)c4c3)C3=CN(C45CC(C4)C5)NN3)cccc2c1=O. The molecule has 4 aromatic rings. The van der Waals surface area contributed by atoms with E-state index in [-0.39, 0.29) is 22.6 Å². The lowest BCUT2D eigenvalue weighted by atomic mass is 9.49. The molecule has 4 N–H and O–H groups in total. The molecule has 3 aliphatic carbocycles. The first-order chi connectivity index (χ1) is 21.1. The van der Waals surface area contributed by atoms with Gasteiger partial charge in [0.05, 0.1) is 39.1 Å². The largest absolute Gasteiger partial charge is 0.383 e. The van der Waals surface area contributed by atoms with Gasteiger partial charge in [0.15, 0.2) is 0 Å². The Bertz CT molecular complexity index is 1920. The van der Waals surface area contributed by atoms with E-state index in [9.17, 15) is 10.1 Å². The molecule has 0 saturated heterocycles. The van der Waals surface area contributed by atoms with Crippen LogP contribution in [0.2, 0.25) is 5.02 Å². The number of anilines is 2. The summed E-state index contributed by atoms with van der Waals surface area (Å²) in [6.45, 7) is 9.69. The maximum Gasteiger partial charge on any atom is 0.258 e. The van der Waals surface area contributed by atoms with Gasteiger partial charge in [0.1, 0.15) is 6.07 Å². The van der Waals surface area contributed by atoms with Crippen molar-refractivity contribution in [2.24, 2.45) is 11.3 Å². The van der Waals surface area contributed by atoms with Crippen LogP contribution in [0.3, 0.4) is 0 Å². The third-order valence-electron chi connectivity index (χ3n) is 9.27. The third kappa shape index (κ3) is 4.73. The number of nitriles is 1. The standard InChI is InChI=1S/C34H37ClN8O/c1-5-42-10-9-23-24(7-6-8-25(23)32(42)44)31(28-18-43(41-40-28)34-13-20(14-34)15-34)39-22-11-26-29(38-19-33(2,3)4)21(16-36)17-37-30(26)27(35)12-22/h6-12,17-18,20,31,39-41H,5,13-15,19H2,1-4H3,(H,37,38)/t20?,31-,34?/m0/s1. The highest BCUT2D eigenvalue weighted by molar-refractivity contribution is 6.35. The first kappa shape index (κ1) is 28.5. The fourth-order valence-electron chi connectivity index (χ4n) is 6.76. The number of pyridine rings is 2. The van der Waals surface area contributed by atoms with E-state index >= 15 is 0 Å². The van der Waals surface area contributed by atoms with E-state index in [4.69, 9.17) is 11.6 Å². The van der Waals surface area contributed by atoms with Crippen molar-refractivity contribution in [3.63, 3.8) is 0 Å². The lowest BCUT2D eigenvalue weighted by Gasteiger charge is -2.64. The van der Waals surface area contributed by atoms with Gasteiger partial charge in [-0.25, -0.2) is 0 Å². The lowest BCUT2D eigenvalue weighted by Crippen LogP contribution is -2.69. The van der Waals surface area contributed by atoms with Gasteiger partial charge < -0.3 is 20.6 Å². The van der Waals surface area contributed by atoms with E-state index in [1.807, 2.05) is 43.5 Å². The molecular formula is C34H37ClN8O. The molecule has 3 heterocycles. The van der Waals surface area contributed by atoms with Crippen molar-refractivity contribution in [1.82, 2.24) is 25.5 Å². The van der Waals surface area contributed by atoms with E-state index in [0.717, 1.165) is 39.3 Å². The van der Waals surface area contributed by atoms with Crippen LogP contribution < -0.4 is 27.2 Å². The van der Waals surface area contributed by atoms with Gasteiger partial charge in [-0.2, -0.15) is 5.26 Å². The number of benzene rings is 2. The molecule has 3 fully saturated rings. The summed E-state index contributed by atoms with van der Waals surface area (Å²) in [5, 5.41) is 22.2. The molecule has 3 saturated carbocycles. The van der Waals surface area contributed by atoms with E-state index in [2.05, 4.69) is 70.7 Å². The molecule has 8 rings (SSSR count). The Labute approximate surface area is 261 Å². The number of rotatable bonds is 8. The molecule has 9 nitrogen and oxygen atoms in total. The molecule has 226 valence electrons. The Kier molecular flexibility index (Phi) is 6.76. The number of hydrazine groups is 2. The summed E-state index contributed by atoms with van der Waals surface area (Å²) in [4.78, 5) is 17.8. The minimum atomic E-state index is -0.341. The third-order valence-corrected chi connectivity index (χ3v) is 9.56. The Balaban J connectivity index is 1.35. The van der Waals surface area contributed by atoms with Crippen LogP contribution in [0.4, 0.5) is 11.4 Å². The zero-order chi connectivity index (χ0) is 30.8. The smallest absolute Gasteiger partial charge is 0.258 e. The molecule has 10 heteroatoms. The van der Waals surface area contributed by atoms with Gasteiger partial charge in [0.2, 0.25) is 0 Å². The number of nitrogens with zero attached hydrogens (tertiary/aromatic N) is 4. The predicted molar refractivity (Wildman–Crippen MR) is 176 cm³/mol. The van der Waals surface area contributed by atoms with Crippen molar-refractivity contribution in [3.05, 3.63) is 87.2 Å². The topological polar surface area (TPSA) is 110 Å². The second-order valence-corrected chi connectivity index (χ2v) is 14.0. The van der Waals surface area contributed by atoms with Crippen molar-refractivity contribution in [2.75, 3.05) is 17.2 Å². The van der Waals surface area contributed by atoms with Crippen molar-refractivity contribution in [2.45, 2.75) is 65.1 Å². The summed E-state index contributed by atoms with van der Waals surface area (Å²) in [7, 11) is 0. The van der Waals surface area contributed by atoms with Crippen LogP contribution in [-0.2, 0) is 6.54 Å². The zero-order valence-electron chi connectivity index (χ0n) is 25.5. The quantitative estimate of drug-likeness (QED) is 0.181. The van der Waals surface area contributed by atoms with E-state index in [1.165, 1.54) is 19.3 Å². The summed E-state index contributed by atoms with van der Waals surface area (Å²) >= 11 is 6.86. The van der Waals surface area contributed by atoms with Gasteiger partial charge in [-0.05, 0) is 72.7 Å². The second kappa shape index (κ2) is 10.4. The fourth-order valence-corrected chi connectivity index (χ4v) is 7.03. The summed E-state index contributed by atoms with van der Waals surface area (Å²) < 4.78 is 1.72. The Morgan fingerprint density at radius 1 is 1.18 bits per heavy atom. The molecule has 2 aromatic heterocycles. The number of nitrogens with one attached hydrogen (secondary N) is 4. The molecule has 1 atom stereocenters. The van der Waals surface area contributed by atoms with E-state index < -0.39 is 0 Å². The van der Waals surface area contributed by atoms with Crippen molar-refractivity contribution >= 4 is 44.7 Å². The Morgan fingerprint density at radius 2 is 1.98 bits per heavy atom. The van der Waals surface area contributed by atoms with Crippen molar-refractivity contribution in [1.29, 1.82) is 5.26 Å². The number of aromatic nitrogens is 2. The van der Waals surface area contributed by atoms with E-state index in [1.54, 1.807) is 10.8 Å². The average Bonchev–Trinajstić information content (AvgIpc) is 3.42. The molecule has 4 aliphatic rings. The first-order valence-corrected chi connectivity index (χ1v) is 15.6. The van der Waals surface area contributed by atoms with Gasteiger partial charge in [-0.1, -0.05) is 44.5 Å². The summed E-state index contributed by atoms with van der Waals surface area (Å²) in [6.07, 6.45) is 9.21. The van der Waals surface area contributed by atoms with Gasteiger partial charge in [0, 0.05) is 48.1 Å². The molecule has 1 aliphatic heterocycles. The van der Waals surface area contributed by atoms with Gasteiger partial charge in [0.25, 0.3) is 5.56 Å². The Hall–Kier alpha value is -4.26. The second-order valence-electron chi connectivity index (χ2n) is 13.6. The minimum Gasteiger partial charge on any atom is -0.383 e. The van der Waals surface area contributed by atoms with Gasteiger partial charge in [-0.15, -0.1) is 5.53 Å². The highest BCUT2D eigenvalue weighted by Gasteiger charge is 2.60. The maximum absolute atomic E-state index is 13.3. The maximum atomic E-state index is 13.3. The highest BCUT2D eigenvalue weighted by atomic mass is 35.5. The van der Waals surface area contributed by atoms with Gasteiger partial charge in [-0.3, -0.25) is 14.8 Å². The number of fused-ring (bicyclic) bond motifs is 2. The normalized spacial score (nSPS) is 21.2. The van der Waals surface area contributed by atoms with Crippen molar-refractivity contribution < 1.29 is 0 Å². The molecule has 2 bridgehead atoms. The number of halogens is 1. The van der Waals surface area contributed by atoms with Crippen LogP contribution in [0, 0.1) is 22.7 Å². The minimum absolute atomic E-state index is 0.00232. The average molecular weight is 609 g/mol. The van der Waals surface area contributed by atoms with Crippen molar-refractivity contribution in [3.8, 4) is 6.07 Å².